The van der Waals surface area contributed by atoms with Crippen molar-refractivity contribution in [1.29, 1.82) is 0 Å². The number of hydrogen-bond donors (Lipinski definition) is 1. The largest absolute Gasteiger partial charge is 0.461 e. The quantitative estimate of drug-likeness (QED) is 0.598. The highest BCUT2D eigenvalue weighted by Crippen LogP contribution is 2.37. The second kappa shape index (κ2) is 6.43. The van der Waals surface area contributed by atoms with Gasteiger partial charge in [-0.05, 0) is 67.6 Å². The van der Waals surface area contributed by atoms with Crippen molar-refractivity contribution in [1.82, 2.24) is 0 Å². The van der Waals surface area contributed by atoms with Crippen molar-refractivity contribution in [3.05, 3.63) is 57.8 Å². The maximum Gasteiger partial charge on any atom is 0.261 e. The fourth-order valence-corrected chi connectivity index (χ4v) is 4.91. The summed E-state index contributed by atoms with van der Waals surface area (Å²) in [7, 11) is -3.64. The van der Waals surface area contributed by atoms with Crippen LogP contribution in [0.3, 0.4) is 0 Å². The topological polar surface area (TPSA) is 59.3 Å². The smallest absolute Gasteiger partial charge is 0.261 e. The van der Waals surface area contributed by atoms with Gasteiger partial charge in [0.25, 0.3) is 10.0 Å². The van der Waals surface area contributed by atoms with Gasteiger partial charge >= 0.3 is 0 Å². The average Bonchev–Trinajstić information content (AvgIpc) is 2.92. The minimum absolute atomic E-state index is 0.239. The third kappa shape index (κ3) is 3.16. The molecule has 1 aromatic heterocycles. The molecule has 1 aliphatic rings. The molecule has 2 aromatic carbocycles. The highest BCUT2D eigenvalue weighted by molar-refractivity contribution is 9.10. The molecule has 0 unspecified atom stereocenters. The van der Waals surface area contributed by atoms with Gasteiger partial charge < -0.3 is 4.42 Å². The van der Waals surface area contributed by atoms with Crippen LogP contribution in [0.1, 0.15) is 30.2 Å². The Kier molecular flexibility index (Phi) is 4.35. The summed E-state index contributed by atoms with van der Waals surface area (Å²) in [6.07, 6.45) is 3.06. The van der Waals surface area contributed by atoms with Gasteiger partial charge in [0, 0.05) is 21.8 Å². The fourth-order valence-electron chi connectivity index (χ4n) is 3.53. The molecule has 0 fully saturated rings. The summed E-state index contributed by atoms with van der Waals surface area (Å²) in [5, 5.41) is 1.02. The molecule has 4 rings (SSSR count). The third-order valence-electron chi connectivity index (χ3n) is 5.01. The van der Waals surface area contributed by atoms with E-state index < -0.39 is 10.0 Å². The molecule has 136 valence electrons. The molecule has 0 spiro atoms. The molecular formula is C20H20BrNO3S. The molecule has 0 amide bonds. The van der Waals surface area contributed by atoms with Gasteiger partial charge in [-0.1, -0.05) is 22.9 Å². The summed E-state index contributed by atoms with van der Waals surface area (Å²) in [6, 6.07) is 10.5. The number of fused-ring (bicyclic) bond motifs is 3. The Morgan fingerprint density at radius 2 is 1.92 bits per heavy atom. The summed E-state index contributed by atoms with van der Waals surface area (Å²) < 4.78 is 35.1. The minimum Gasteiger partial charge on any atom is -0.461 e. The molecule has 0 radical (unpaired) electrons. The van der Waals surface area contributed by atoms with E-state index in [0.717, 1.165) is 46.0 Å². The van der Waals surface area contributed by atoms with E-state index in [9.17, 15) is 8.42 Å². The van der Waals surface area contributed by atoms with Crippen LogP contribution in [-0.2, 0) is 22.9 Å². The number of aryl methyl sites for hydroxylation is 2. The molecule has 0 saturated carbocycles. The van der Waals surface area contributed by atoms with Gasteiger partial charge in [-0.2, -0.15) is 0 Å². The van der Waals surface area contributed by atoms with Crippen molar-refractivity contribution in [2.24, 2.45) is 5.92 Å². The molecule has 26 heavy (non-hydrogen) atoms. The van der Waals surface area contributed by atoms with Gasteiger partial charge in [-0.3, -0.25) is 4.72 Å². The highest BCUT2D eigenvalue weighted by atomic mass is 79.9. The van der Waals surface area contributed by atoms with E-state index in [0.29, 0.717) is 11.6 Å². The molecule has 3 aromatic rings. The Bertz CT molecular complexity index is 1080. The first-order valence-electron chi connectivity index (χ1n) is 8.67. The van der Waals surface area contributed by atoms with E-state index >= 15 is 0 Å². The van der Waals surface area contributed by atoms with Gasteiger partial charge in [0.1, 0.15) is 11.3 Å². The van der Waals surface area contributed by atoms with Gasteiger partial charge in [0.2, 0.25) is 0 Å². The molecule has 0 bridgehead atoms. The van der Waals surface area contributed by atoms with Crippen molar-refractivity contribution < 1.29 is 12.8 Å². The molecule has 6 heteroatoms. The molecule has 4 nitrogen and oxygen atoms in total. The molecule has 0 aliphatic heterocycles. The first-order valence-corrected chi connectivity index (χ1v) is 10.9. The number of halogens is 1. The van der Waals surface area contributed by atoms with Crippen molar-refractivity contribution in [2.45, 2.75) is 38.0 Å². The maximum atomic E-state index is 12.7. The normalized spacial score (nSPS) is 17.3. The first kappa shape index (κ1) is 17.6. The van der Waals surface area contributed by atoms with E-state index in [1.807, 2.05) is 19.1 Å². The first-order chi connectivity index (χ1) is 12.3. The Balaban J connectivity index is 1.75. The van der Waals surface area contributed by atoms with Crippen LogP contribution < -0.4 is 4.72 Å². The molecule has 1 atom stereocenters. The number of hydrogen-bond acceptors (Lipinski definition) is 3. The third-order valence-corrected chi connectivity index (χ3v) is 6.92. The molecule has 1 aliphatic carbocycles. The van der Waals surface area contributed by atoms with Gasteiger partial charge in [0.05, 0.1) is 10.6 Å². The lowest BCUT2D eigenvalue weighted by Gasteiger charge is -2.17. The predicted octanol–water partition coefficient (Wildman–Crippen LogP) is 5.43. The summed E-state index contributed by atoms with van der Waals surface area (Å²) in [5.41, 5.74) is 3.51. The van der Waals surface area contributed by atoms with E-state index in [1.54, 1.807) is 24.3 Å². The zero-order chi connectivity index (χ0) is 18.5. The summed E-state index contributed by atoms with van der Waals surface area (Å²) >= 11 is 3.33. The fraction of sp³-hybridized carbons (Fsp3) is 0.300. The number of sulfonamides is 1. The Hall–Kier alpha value is -1.79. The van der Waals surface area contributed by atoms with Crippen LogP contribution in [-0.4, -0.2) is 8.42 Å². The SMILES string of the molecule is Cc1cc2oc3c(c2cc1NS(=O)(=O)c1ccc(Br)cc1)C[C@@H](C)CC3. The number of anilines is 1. The van der Waals surface area contributed by atoms with Crippen LogP contribution in [0, 0.1) is 12.8 Å². The van der Waals surface area contributed by atoms with Crippen LogP contribution in [0.15, 0.2) is 50.2 Å². The Morgan fingerprint density at radius 1 is 1.19 bits per heavy atom. The standard InChI is InChI=1S/C20H20BrNO3S/c1-12-3-8-19-16(9-12)17-11-18(13(2)10-20(17)25-19)22-26(23,24)15-6-4-14(21)5-7-15/h4-7,10-12,22H,3,8-9H2,1-2H3/t12-/m0/s1. The van der Waals surface area contributed by atoms with E-state index in [1.165, 1.54) is 5.56 Å². The van der Waals surface area contributed by atoms with Crippen LogP contribution in [0.4, 0.5) is 5.69 Å². The molecule has 1 heterocycles. The van der Waals surface area contributed by atoms with Crippen molar-refractivity contribution in [3.63, 3.8) is 0 Å². The van der Waals surface area contributed by atoms with Crippen molar-refractivity contribution in [2.75, 3.05) is 4.72 Å². The zero-order valence-corrected chi connectivity index (χ0v) is 17.1. The highest BCUT2D eigenvalue weighted by Gasteiger charge is 2.23. The summed E-state index contributed by atoms with van der Waals surface area (Å²) in [5.74, 6) is 1.66. The second-order valence-corrected chi connectivity index (χ2v) is 9.67. The summed E-state index contributed by atoms with van der Waals surface area (Å²) in [4.78, 5) is 0.239. The predicted molar refractivity (Wildman–Crippen MR) is 107 cm³/mol. The molecule has 1 N–H and O–H groups in total. The van der Waals surface area contributed by atoms with Gasteiger partial charge in [-0.25, -0.2) is 8.42 Å². The number of nitrogens with one attached hydrogen (secondary N) is 1. The van der Waals surface area contributed by atoms with Crippen LogP contribution in [0.2, 0.25) is 0 Å². The number of benzene rings is 2. The summed E-state index contributed by atoms with van der Waals surface area (Å²) in [6.45, 7) is 4.14. The Morgan fingerprint density at radius 3 is 2.65 bits per heavy atom. The van der Waals surface area contributed by atoms with E-state index in [4.69, 9.17) is 4.42 Å². The lowest BCUT2D eigenvalue weighted by atomic mass is 9.88. The van der Waals surface area contributed by atoms with Crippen LogP contribution in [0.25, 0.3) is 11.0 Å². The zero-order valence-electron chi connectivity index (χ0n) is 14.7. The van der Waals surface area contributed by atoms with E-state index in [2.05, 4.69) is 27.6 Å². The molecular weight excluding hydrogens is 414 g/mol. The number of rotatable bonds is 3. The monoisotopic (exact) mass is 433 g/mol. The minimum atomic E-state index is -3.64. The van der Waals surface area contributed by atoms with Crippen molar-refractivity contribution in [3.8, 4) is 0 Å². The molecule has 0 saturated heterocycles. The maximum absolute atomic E-state index is 12.7. The van der Waals surface area contributed by atoms with E-state index in [-0.39, 0.29) is 4.90 Å². The lowest BCUT2D eigenvalue weighted by Crippen LogP contribution is -2.13. The second-order valence-electron chi connectivity index (χ2n) is 7.07. The van der Waals surface area contributed by atoms with Gasteiger partial charge in [0.15, 0.2) is 0 Å². The van der Waals surface area contributed by atoms with Crippen molar-refractivity contribution >= 4 is 42.6 Å². The average molecular weight is 434 g/mol. The van der Waals surface area contributed by atoms with Gasteiger partial charge in [-0.15, -0.1) is 0 Å². The Labute approximate surface area is 161 Å². The van der Waals surface area contributed by atoms with Crippen LogP contribution in [0.5, 0.6) is 0 Å². The van der Waals surface area contributed by atoms with Crippen LogP contribution >= 0.6 is 15.9 Å². The lowest BCUT2D eigenvalue weighted by molar-refractivity contribution is 0.438. The number of furan rings is 1.